The molecule has 1 aromatic carbocycles. The summed E-state index contributed by atoms with van der Waals surface area (Å²) in [4.78, 5) is 18.8. The van der Waals surface area contributed by atoms with Crippen molar-refractivity contribution in [2.45, 2.75) is 19.8 Å². The van der Waals surface area contributed by atoms with Gasteiger partial charge in [0.05, 0.1) is 5.69 Å². The lowest BCUT2D eigenvalue weighted by Gasteiger charge is -2.08. The summed E-state index contributed by atoms with van der Waals surface area (Å²) in [5.74, 6) is 0.756. The lowest BCUT2D eigenvalue weighted by Crippen LogP contribution is -2.11. The molecular weight excluding hydrogens is 316 g/mol. The van der Waals surface area contributed by atoms with Crippen molar-refractivity contribution in [2.75, 3.05) is 0 Å². The highest BCUT2D eigenvalue weighted by atomic mass is 79.9. The van der Waals surface area contributed by atoms with Crippen LogP contribution in [0.5, 0.6) is 0 Å². The number of benzene rings is 1. The van der Waals surface area contributed by atoms with E-state index in [9.17, 15) is 4.79 Å². The van der Waals surface area contributed by atoms with Gasteiger partial charge in [0.25, 0.3) is 5.56 Å². The topological polar surface area (TPSA) is 45.8 Å². The molecule has 1 N–H and O–H groups in total. The Morgan fingerprint density at radius 3 is 2.67 bits per heavy atom. The number of aromatic amines is 1. The van der Waals surface area contributed by atoms with Crippen molar-refractivity contribution in [3.05, 3.63) is 49.8 Å². The van der Waals surface area contributed by atoms with Crippen molar-refractivity contribution in [3.8, 4) is 11.4 Å². The van der Waals surface area contributed by atoms with Crippen molar-refractivity contribution in [2.24, 2.45) is 0 Å². The maximum absolute atomic E-state index is 11.6. The first-order chi connectivity index (χ1) is 8.47. The van der Waals surface area contributed by atoms with E-state index < -0.39 is 0 Å². The van der Waals surface area contributed by atoms with Crippen LogP contribution in [0.15, 0.2) is 33.5 Å². The summed E-state index contributed by atoms with van der Waals surface area (Å²) in [5, 5.41) is 0.632. The molecule has 0 radical (unpaired) electrons. The zero-order valence-electron chi connectivity index (χ0n) is 10.00. The summed E-state index contributed by atoms with van der Waals surface area (Å²) in [6.07, 6.45) is 0. The van der Waals surface area contributed by atoms with Gasteiger partial charge in [0, 0.05) is 21.1 Å². The third kappa shape index (κ3) is 2.82. The fourth-order valence-electron chi connectivity index (χ4n) is 1.58. The summed E-state index contributed by atoms with van der Waals surface area (Å²) in [5.41, 5.74) is 1.44. The Morgan fingerprint density at radius 1 is 1.33 bits per heavy atom. The van der Waals surface area contributed by atoms with Crippen LogP contribution in [0.25, 0.3) is 11.4 Å². The first-order valence-corrected chi connectivity index (χ1v) is 6.71. The van der Waals surface area contributed by atoms with Crippen LogP contribution in [-0.2, 0) is 0 Å². The molecule has 0 unspecified atom stereocenters. The second kappa shape index (κ2) is 5.24. The predicted molar refractivity (Wildman–Crippen MR) is 77.1 cm³/mol. The summed E-state index contributed by atoms with van der Waals surface area (Å²) in [6, 6.07) is 6.90. The minimum atomic E-state index is -0.148. The zero-order valence-corrected chi connectivity index (χ0v) is 12.3. The minimum Gasteiger partial charge on any atom is -0.306 e. The maximum atomic E-state index is 11.6. The molecule has 0 amide bonds. The van der Waals surface area contributed by atoms with Crippen molar-refractivity contribution < 1.29 is 0 Å². The summed E-state index contributed by atoms with van der Waals surface area (Å²) in [7, 11) is 0. The van der Waals surface area contributed by atoms with E-state index in [1.807, 2.05) is 19.9 Å². The highest BCUT2D eigenvalue weighted by Crippen LogP contribution is 2.28. The van der Waals surface area contributed by atoms with Gasteiger partial charge in [0.15, 0.2) is 0 Å². The predicted octanol–water partition coefficient (Wildman–Crippen LogP) is 3.98. The van der Waals surface area contributed by atoms with E-state index >= 15 is 0 Å². The molecule has 0 aliphatic carbocycles. The highest BCUT2D eigenvalue weighted by Gasteiger charge is 2.10. The van der Waals surface area contributed by atoms with Gasteiger partial charge in [-0.15, -0.1) is 0 Å². The maximum Gasteiger partial charge on any atom is 0.251 e. The average molecular weight is 328 g/mol. The second-order valence-electron chi connectivity index (χ2n) is 4.30. The fraction of sp³-hybridized carbons (Fsp3) is 0.231. The van der Waals surface area contributed by atoms with Gasteiger partial charge in [-0.3, -0.25) is 4.79 Å². The molecule has 0 saturated carbocycles. The third-order valence-electron chi connectivity index (χ3n) is 2.54. The van der Waals surface area contributed by atoms with Crippen LogP contribution in [-0.4, -0.2) is 9.97 Å². The molecule has 0 bridgehead atoms. The Hall–Kier alpha value is -1.13. The molecule has 1 aromatic heterocycles. The van der Waals surface area contributed by atoms with Crippen molar-refractivity contribution in [1.82, 2.24) is 9.97 Å². The van der Waals surface area contributed by atoms with E-state index in [2.05, 4.69) is 25.9 Å². The Kier molecular flexibility index (Phi) is 3.88. The Bertz CT molecular complexity index is 637. The first kappa shape index (κ1) is 13.3. The summed E-state index contributed by atoms with van der Waals surface area (Å²) in [6.45, 7) is 4.00. The van der Waals surface area contributed by atoms with E-state index in [-0.39, 0.29) is 11.5 Å². The molecule has 2 aromatic rings. The van der Waals surface area contributed by atoms with Gasteiger partial charge in [-0.1, -0.05) is 25.4 Å². The van der Waals surface area contributed by atoms with Gasteiger partial charge < -0.3 is 4.98 Å². The first-order valence-electron chi connectivity index (χ1n) is 5.54. The van der Waals surface area contributed by atoms with Crippen molar-refractivity contribution in [1.29, 1.82) is 0 Å². The Balaban J connectivity index is 2.60. The molecule has 0 fully saturated rings. The minimum absolute atomic E-state index is 0.148. The number of rotatable bonds is 2. The van der Waals surface area contributed by atoms with Crippen LogP contribution in [0, 0.1) is 0 Å². The van der Waals surface area contributed by atoms with Crippen LogP contribution in [0.3, 0.4) is 0 Å². The van der Waals surface area contributed by atoms with Crippen molar-refractivity contribution in [3.63, 3.8) is 0 Å². The number of halogens is 2. The molecule has 94 valence electrons. The lowest BCUT2D eigenvalue weighted by atomic mass is 10.1. The molecule has 0 saturated heterocycles. The van der Waals surface area contributed by atoms with Gasteiger partial charge in [-0.05, 0) is 40.0 Å². The van der Waals surface area contributed by atoms with E-state index in [4.69, 9.17) is 11.6 Å². The molecule has 2 rings (SSSR count). The number of nitrogens with zero attached hydrogens (tertiary/aromatic N) is 1. The van der Waals surface area contributed by atoms with E-state index in [1.54, 1.807) is 12.1 Å². The van der Waals surface area contributed by atoms with Crippen LogP contribution in [0.2, 0.25) is 5.02 Å². The normalized spacial score (nSPS) is 10.9. The molecule has 5 heteroatoms. The molecular formula is C13H12BrClN2O. The number of hydrogen-bond acceptors (Lipinski definition) is 2. The molecule has 0 atom stereocenters. The largest absolute Gasteiger partial charge is 0.306 e. The highest BCUT2D eigenvalue weighted by molar-refractivity contribution is 9.10. The van der Waals surface area contributed by atoms with Gasteiger partial charge in [-0.2, -0.15) is 0 Å². The standard InChI is InChI=1S/C13H12BrClN2O/c1-7(2)11-6-12(18)17-13(16-11)9-4-3-8(15)5-10(9)14/h3-7H,1-2H3,(H,16,17,18). The monoisotopic (exact) mass is 326 g/mol. The molecule has 0 aliphatic rings. The Labute approximate surface area is 118 Å². The summed E-state index contributed by atoms with van der Waals surface area (Å²) >= 11 is 9.32. The second-order valence-corrected chi connectivity index (χ2v) is 5.59. The molecule has 0 aliphatic heterocycles. The zero-order chi connectivity index (χ0) is 13.3. The third-order valence-corrected chi connectivity index (χ3v) is 3.43. The van der Waals surface area contributed by atoms with Crippen LogP contribution >= 0.6 is 27.5 Å². The van der Waals surface area contributed by atoms with Crippen LogP contribution in [0.1, 0.15) is 25.5 Å². The van der Waals surface area contributed by atoms with Gasteiger partial charge >= 0.3 is 0 Å². The number of aromatic nitrogens is 2. The number of hydrogen-bond donors (Lipinski definition) is 1. The van der Waals surface area contributed by atoms with Crippen LogP contribution in [0.4, 0.5) is 0 Å². The lowest BCUT2D eigenvalue weighted by molar-refractivity contribution is 0.812. The van der Waals surface area contributed by atoms with Crippen LogP contribution < -0.4 is 5.56 Å². The summed E-state index contributed by atoms with van der Waals surface area (Å²) < 4.78 is 0.805. The molecule has 18 heavy (non-hydrogen) atoms. The van der Waals surface area contributed by atoms with Gasteiger partial charge in [-0.25, -0.2) is 4.98 Å². The average Bonchev–Trinajstić information content (AvgIpc) is 2.27. The Morgan fingerprint density at radius 2 is 2.06 bits per heavy atom. The molecule has 0 spiro atoms. The SMILES string of the molecule is CC(C)c1cc(=O)[nH]c(-c2ccc(Cl)cc2Br)n1. The van der Waals surface area contributed by atoms with E-state index in [1.165, 1.54) is 6.07 Å². The number of H-pyrrole nitrogens is 1. The number of nitrogens with one attached hydrogen (secondary N) is 1. The van der Waals surface area contributed by atoms with Gasteiger partial charge in [0.1, 0.15) is 5.82 Å². The molecule has 3 nitrogen and oxygen atoms in total. The quantitative estimate of drug-likeness (QED) is 0.907. The smallest absolute Gasteiger partial charge is 0.251 e. The fourth-order valence-corrected chi connectivity index (χ4v) is 2.45. The van der Waals surface area contributed by atoms with Crippen molar-refractivity contribution >= 4 is 27.5 Å². The van der Waals surface area contributed by atoms with Gasteiger partial charge in [0.2, 0.25) is 0 Å². The molecule has 1 heterocycles. The van der Waals surface area contributed by atoms with E-state index in [0.29, 0.717) is 10.8 Å². The van der Waals surface area contributed by atoms with E-state index in [0.717, 1.165) is 15.7 Å².